The number of ether oxygens (including phenoxy) is 2. The first kappa shape index (κ1) is 18.2. The lowest BCUT2D eigenvalue weighted by Crippen LogP contribution is -2.41. The quantitative estimate of drug-likeness (QED) is 0.809. The highest BCUT2D eigenvalue weighted by Crippen LogP contribution is 2.40. The lowest BCUT2D eigenvalue weighted by molar-refractivity contribution is -0.0106. The molecule has 1 aromatic heterocycles. The average Bonchev–Trinajstić information content (AvgIpc) is 3.11. The van der Waals surface area contributed by atoms with Gasteiger partial charge < -0.3 is 14.4 Å². The molecule has 1 aromatic carbocycles. The molecule has 2 aliphatic rings. The fourth-order valence-electron chi connectivity index (χ4n) is 4.11. The minimum atomic E-state index is 0.0819. The molecule has 3 heterocycles. The van der Waals surface area contributed by atoms with Crippen LogP contribution in [0.4, 0.5) is 5.95 Å². The summed E-state index contributed by atoms with van der Waals surface area (Å²) >= 11 is 0. The van der Waals surface area contributed by atoms with Gasteiger partial charge in [0.05, 0.1) is 18.9 Å². The molecule has 0 bridgehead atoms. The third kappa shape index (κ3) is 4.06. The maximum Gasteiger partial charge on any atom is 0.225 e. The summed E-state index contributed by atoms with van der Waals surface area (Å²) in [6.07, 6.45) is 4.43. The van der Waals surface area contributed by atoms with Gasteiger partial charge in [0.15, 0.2) is 0 Å². The Morgan fingerprint density at radius 1 is 1.30 bits per heavy atom. The SMILES string of the molecule is COc1cccc(CN2CC[C@H]3C[C@@H](c4ccnc(N(C)C)n4)O[C@@H]3C2)c1. The molecule has 2 fully saturated rings. The van der Waals surface area contributed by atoms with E-state index in [1.807, 2.05) is 37.3 Å². The smallest absolute Gasteiger partial charge is 0.225 e. The standard InChI is InChI=1S/C21H28N4O2/c1-24(2)21-22-9-7-18(23-21)19-12-16-8-10-25(14-20(16)27-19)13-15-5-4-6-17(11-15)26-3/h4-7,9,11,16,19-20H,8,10,12-14H2,1-3H3/t16-,19-,20+/m0/s1. The van der Waals surface area contributed by atoms with Crippen LogP contribution in [-0.4, -0.2) is 55.3 Å². The number of hydrogen-bond acceptors (Lipinski definition) is 6. The van der Waals surface area contributed by atoms with Crippen LogP contribution in [0.25, 0.3) is 0 Å². The van der Waals surface area contributed by atoms with E-state index >= 15 is 0 Å². The highest BCUT2D eigenvalue weighted by molar-refractivity contribution is 5.29. The summed E-state index contributed by atoms with van der Waals surface area (Å²) in [7, 11) is 5.64. The normalized spacial score (nSPS) is 25.2. The van der Waals surface area contributed by atoms with Crippen molar-refractivity contribution in [3.8, 4) is 5.75 Å². The molecule has 3 atom stereocenters. The van der Waals surface area contributed by atoms with Crippen molar-refractivity contribution < 1.29 is 9.47 Å². The molecular weight excluding hydrogens is 340 g/mol. The molecule has 0 radical (unpaired) electrons. The van der Waals surface area contributed by atoms with Gasteiger partial charge in [0.2, 0.25) is 5.95 Å². The highest BCUT2D eigenvalue weighted by Gasteiger charge is 2.40. The molecule has 2 aromatic rings. The van der Waals surface area contributed by atoms with Crippen molar-refractivity contribution >= 4 is 5.95 Å². The number of methoxy groups -OCH3 is 1. The summed E-state index contributed by atoms with van der Waals surface area (Å²) in [4.78, 5) is 13.4. The van der Waals surface area contributed by atoms with Crippen LogP contribution in [0.3, 0.4) is 0 Å². The molecule has 6 heteroatoms. The topological polar surface area (TPSA) is 50.7 Å². The van der Waals surface area contributed by atoms with Crippen molar-refractivity contribution in [1.29, 1.82) is 0 Å². The molecule has 144 valence electrons. The Morgan fingerprint density at radius 2 is 2.19 bits per heavy atom. The van der Waals surface area contributed by atoms with Gasteiger partial charge in [0, 0.05) is 33.4 Å². The van der Waals surface area contributed by atoms with E-state index in [9.17, 15) is 0 Å². The lowest BCUT2D eigenvalue weighted by Gasteiger charge is -2.34. The molecule has 27 heavy (non-hydrogen) atoms. The Kier molecular flexibility index (Phi) is 5.27. The van der Waals surface area contributed by atoms with Crippen LogP contribution in [0.1, 0.15) is 30.2 Å². The predicted molar refractivity (Wildman–Crippen MR) is 105 cm³/mol. The summed E-state index contributed by atoms with van der Waals surface area (Å²) in [5, 5.41) is 0. The molecule has 0 amide bonds. The monoisotopic (exact) mass is 368 g/mol. The van der Waals surface area contributed by atoms with Gasteiger partial charge in [-0.15, -0.1) is 0 Å². The van der Waals surface area contributed by atoms with E-state index in [1.54, 1.807) is 7.11 Å². The Hall–Kier alpha value is -2.18. The van der Waals surface area contributed by atoms with Crippen molar-refractivity contribution in [2.45, 2.75) is 31.6 Å². The van der Waals surface area contributed by atoms with Crippen LogP contribution in [0, 0.1) is 5.92 Å². The number of rotatable bonds is 5. The van der Waals surface area contributed by atoms with E-state index in [0.29, 0.717) is 5.92 Å². The zero-order valence-corrected chi connectivity index (χ0v) is 16.3. The number of hydrogen-bond donors (Lipinski definition) is 0. The van der Waals surface area contributed by atoms with Crippen LogP contribution in [0.15, 0.2) is 36.5 Å². The molecule has 0 unspecified atom stereocenters. The second-order valence-corrected chi connectivity index (χ2v) is 7.71. The number of piperidine rings is 1. The maximum atomic E-state index is 6.42. The van der Waals surface area contributed by atoms with Crippen molar-refractivity contribution in [3.05, 3.63) is 47.8 Å². The number of benzene rings is 1. The third-order valence-electron chi connectivity index (χ3n) is 5.57. The zero-order valence-electron chi connectivity index (χ0n) is 16.3. The molecule has 0 aliphatic carbocycles. The first-order valence-corrected chi connectivity index (χ1v) is 9.63. The number of likely N-dealkylation sites (tertiary alicyclic amines) is 1. The van der Waals surface area contributed by atoms with Crippen LogP contribution < -0.4 is 9.64 Å². The van der Waals surface area contributed by atoms with E-state index in [1.165, 1.54) is 12.0 Å². The van der Waals surface area contributed by atoms with E-state index in [2.05, 4.69) is 33.1 Å². The van der Waals surface area contributed by atoms with Gasteiger partial charge >= 0.3 is 0 Å². The highest BCUT2D eigenvalue weighted by atomic mass is 16.5. The minimum Gasteiger partial charge on any atom is -0.497 e. The van der Waals surface area contributed by atoms with Crippen molar-refractivity contribution in [3.63, 3.8) is 0 Å². The van der Waals surface area contributed by atoms with Gasteiger partial charge in [-0.25, -0.2) is 9.97 Å². The van der Waals surface area contributed by atoms with Gasteiger partial charge in [-0.2, -0.15) is 0 Å². The van der Waals surface area contributed by atoms with E-state index in [4.69, 9.17) is 9.47 Å². The number of aromatic nitrogens is 2. The second-order valence-electron chi connectivity index (χ2n) is 7.71. The Labute approximate surface area is 161 Å². The molecule has 0 saturated carbocycles. The summed E-state index contributed by atoms with van der Waals surface area (Å²) in [6.45, 7) is 3.03. The van der Waals surface area contributed by atoms with Crippen molar-refractivity contribution in [2.24, 2.45) is 5.92 Å². The zero-order chi connectivity index (χ0) is 18.8. The second kappa shape index (κ2) is 7.82. The summed E-state index contributed by atoms with van der Waals surface area (Å²) in [5.74, 6) is 2.28. The van der Waals surface area contributed by atoms with Crippen molar-refractivity contribution in [1.82, 2.24) is 14.9 Å². The van der Waals surface area contributed by atoms with Crippen LogP contribution in [0.5, 0.6) is 5.75 Å². The Morgan fingerprint density at radius 3 is 3.00 bits per heavy atom. The van der Waals surface area contributed by atoms with E-state index < -0.39 is 0 Å². The van der Waals surface area contributed by atoms with Crippen LogP contribution >= 0.6 is 0 Å². The largest absolute Gasteiger partial charge is 0.497 e. The summed E-state index contributed by atoms with van der Waals surface area (Å²) in [6, 6.07) is 10.3. The van der Waals surface area contributed by atoms with Gasteiger partial charge in [-0.05, 0) is 49.1 Å². The van der Waals surface area contributed by atoms with Crippen LogP contribution in [-0.2, 0) is 11.3 Å². The molecular formula is C21H28N4O2. The number of nitrogens with zero attached hydrogens (tertiary/aromatic N) is 4. The Balaban J connectivity index is 1.40. The number of anilines is 1. The number of fused-ring (bicyclic) bond motifs is 1. The fraction of sp³-hybridized carbons (Fsp3) is 0.524. The summed E-state index contributed by atoms with van der Waals surface area (Å²) in [5.41, 5.74) is 2.29. The Bertz CT molecular complexity index is 782. The lowest BCUT2D eigenvalue weighted by atomic mass is 9.91. The minimum absolute atomic E-state index is 0.0819. The maximum absolute atomic E-state index is 6.42. The molecule has 2 saturated heterocycles. The van der Waals surface area contributed by atoms with Gasteiger partial charge in [-0.1, -0.05) is 12.1 Å². The predicted octanol–water partition coefficient (Wildman–Crippen LogP) is 2.90. The van der Waals surface area contributed by atoms with Gasteiger partial charge in [0.1, 0.15) is 11.9 Å². The molecule has 6 nitrogen and oxygen atoms in total. The molecule has 0 spiro atoms. The average molecular weight is 368 g/mol. The van der Waals surface area contributed by atoms with Crippen molar-refractivity contribution in [2.75, 3.05) is 39.2 Å². The van der Waals surface area contributed by atoms with Crippen LogP contribution in [0.2, 0.25) is 0 Å². The third-order valence-corrected chi connectivity index (χ3v) is 5.57. The molecule has 0 N–H and O–H groups in total. The van der Waals surface area contributed by atoms with E-state index in [0.717, 1.165) is 43.4 Å². The fourth-order valence-corrected chi connectivity index (χ4v) is 4.11. The molecule has 4 rings (SSSR count). The molecule has 2 aliphatic heterocycles. The van der Waals surface area contributed by atoms with Gasteiger partial charge in [0.25, 0.3) is 0 Å². The first-order valence-electron chi connectivity index (χ1n) is 9.63. The first-order chi connectivity index (χ1) is 13.1. The summed E-state index contributed by atoms with van der Waals surface area (Å²) < 4.78 is 11.8. The van der Waals surface area contributed by atoms with Gasteiger partial charge in [-0.3, -0.25) is 4.90 Å². The van der Waals surface area contributed by atoms with E-state index in [-0.39, 0.29) is 12.2 Å².